The van der Waals surface area contributed by atoms with Crippen LogP contribution in [0.3, 0.4) is 0 Å². The normalized spacial score (nSPS) is 14.1. The molecule has 102 valence electrons. The Morgan fingerprint density at radius 1 is 1.00 bits per heavy atom. The van der Waals surface area contributed by atoms with Gasteiger partial charge in [0.05, 0.1) is 16.9 Å². The highest BCUT2D eigenvalue weighted by Gasteiger charge is 2.20. The van der Waals surface area contributed by atoms with E-state index >= 15 is 0 Å². The number of benzene rings is 2. The number of hydrogen-bond donors (Lipinski definition) is 1. The molecule has 1 N–H and O–H groups in total. The number of para-hydroxylation sites is 2. The lowest BCUT2D eigenvalue weighted by atomic mass is 10.1. The first-order valence-corrected chi connectivity index (χ1v) is 6.58. The van der Waals surface area contributed by atoms with Crippen LogP contribution in [0.5, 0.6) is 0 Å². The number of fused-ring (bicyclic) bond motifs is 1. The van der Waals surface area contributed by atoms with Crippen molar-refractivity contribution in [3.63, 3.8) is 0 Å². The maximum atomic E-state index is 10.9. The Morgan fingerprint density at radius 2 is 1.65 bits per heavy atom. The quantitative estimate of drug-likeness (QED) is 0.909. The van der Waals surface area contributed by atoms with Gasteiger partial charge >= 0.3 is 5.97 Å². The second-order valence-corrected chi connectivity index (χ2v) is 4.91. The maximum absolute atomic E-state index is 10.9. The molecule has 3 rings (SSSR count). The summed E-state index contributed by atoms with van der Waals surface area (Å²) in [5.41, 5.74) is 3.69. The molecule has 0 spiro atoms. The first-order valence-electron chi connectivity index (χ1n) is 6.58. The summed E-state index contributed by atoms with van der Waals surface area (Å²) in [4.78, 5) is 15.4. The summed E-state index contributed by atoms with van der Waals surface area (Å²) < 4.78 is 0. The highest BCUT2D eigenvalue weighted by atomic mass is 16.4. The third-order valence-corrected chi connectivity index (χ3v) is 3.67. The summed E-state index contributed by atoms with van der Waals surface area (Å²) in [5.74, 6) is -0.893. The van der Waals surface area contributed by atoms with E-state index in [1.165, 1.54) is 5.69 Å². The molecule has 2 aromatic rings. The van der Waals surface area contributed by atoms with Crippen LogP contribution in [0.2, 0.25) is 0 Å². The highest BCUT2D eigenvalue weighted by Crippen LogP contribution is 2.36. The van der Waals surface area contributed by atoms with Crippen LogP contribution in [0, 0.1) is 0 Å². The molecule has 0 fully saturated rings. The molecule has 0 atom stereocenters. The van der Waals surface area contributed by atoms with E-state index in [-0.39, 0.29) is 0 Å². The van der Waals surface area contributed by atoms with Crippen LogP contribution >= 0.6 is 0 Å². The van der Waals surface area contributed by atoms with Crippen LogP contribution < -0.4 is 9.80 Å². The molecule has 0 unspecified atom stereocenters. The van der Waals surface area contributed by atoms with E-state index in [1.807, 2.05) is 24.3 Å². The fourth-order valence-corrected chi connectivity index (χ4v) is 2.56. The van der Waals surface area contributed by atoms with Crippen LogP contribution in [-0.2, 0) is 0 Å². The van der Waals surface area contributed by atoms with Gasteiger partial charge in [-0.2, -0.15) is 0 Å². The fraction of sp³-hybridized carbons (Fsp3) is 0.188. The van der Waals surface area contributed by atoms with Crippen molar-refractivity contribution in [2.45, 2.75) is 0 Å². The van der Waals surface area contributed by atoms with Gasteiger partial charge in [-0.25, -0.2) is 4.79 Å². The summed E-state index contributed by atoms with van der Waals surface area (Å²) in [6.07, 6.45) is 0. The minimum Gasteiger partial charge on any atom is -0.478 e. The molecule has 0 bridgehead atoms. The molecule has 0 aromatic heterocycles. The average molecular weight is 268 g/mol. The van der Waals surface area contributed by atoms with Crippen molar-refractivity contribution in [2.75, 3.05) is 29.9 Å². The van der Waals surface area contributed by atoms with Gasteiger partial charge in [0.25, 0.3) is 0 Å². The summed E-state index contributed by atoms with van der Waals surface area (Å²) in [5, 5.41) is 8.96. The smallest absolute Gasteiger partial charge is 0.335 e. The van der Waals surface area contributed by atoms with Crippen LogP contribution in [0.4, 0.5) is 17.1 Å². The highest BCUT2D eigenvalue weighted by molar-refractivity contribution is 5.88. The monoisotopic (exact) mass is 268 g/mol. The zero-order valence-electron chi connectivity index (χ0n) is 11.3. The van der Waals surface area contributed by atoms with E-state index in [0.717, 1.165) is 24.5 Å². The Morgan fingerprint density at radius 3 is 2.30 bits per heavy atom. The maximum Gasteiger partial charge on any atom is 0.335 e. The molecule has 0 amide bonds. The third-order valence-electron chi connectivity index (χ3n) is 3.67. The summed E-state index contributed by atoms with van der Waals surface area (Å²) in [6.45, 7) is 1.83. The number of rotatable bonds is 2. The van der Waals surface area contributed by atoms with Gasteiger partial charge in [-0.3, -0.25) is 0 Å². The zero-order chi connectivity index (χ0) is 14.1. The lowest BCUT2D eigenvalue weighted by Crippen LogP contribution is -2.36. The Hall–Kier alpha value is -2.49. The Bertz CT molecular complexity index is 637. The molecule has 4 nitrogen and oxygen atoms in total. The van der Waals surface area contributed by atoms with Crippen LogP contribution in [0.1, 0.15) is 10.4 Å². The van der Waals surface area contributed by atoms with Crippen molar-refractivity contribution in [1.29, 1.82) is 0 Å². The molecular formula is C16H16N2O2. The van der Waals surface area contributed by atoms with Crippen LogP contribution in [0.15, 0.2) is 48.5 Å². The Kier molecular flexibility index (Phi) is 3.06. The largest absolute Gasteiger partial charge is 0.478 e. The van der Waals surface area contributed by atoms with Crippen molar-refractivity contribution in [3.8, 4) is 0 Å². The van der Waals surface area contributed by atoms with E-state index < -0.39 is 5.97 Å². The van der Waals surface area contributed by atoms with Crippen molar-refractivity contribution in [1.82, 2.24) is 0 Å². The molecule has 0 aliphatic carbocycles. The molecule has 1 heterocycles. The van der Waals surface area contributed by atoms with Crippen molar-refractivity contribution in [3.05, 3.63) is 54.1 Å². The van der Waals surface area contributed by atoms with Gasteiger partial charge in [-0.05, 0) is 36.4 Å². The van der Waals surface area contributed by atoms with Gasteiger partial charge in [0.2, 0.25) is 0 Å². The predicted octanol–water partition coefficient (Wildman–Crippen LogP) is 2.97. The molecule has 1 aliphatic heterocycles. The minimum atomic E-state index is -0.893. The van der Waals surface area contributed by atoms with Gasteiger partial charge < -0.3 is 14.9 Å². The van der Waals surface area contributed by atoms with E-state index in [1.54, 1.807) is 12.1 Å². The van der Waals surface area contributed by atoms with Gasteiger partial charge in [0, 0.05) is 25.8 Å². The van der Waals surface area contributed by atoms with E-state index in [2.05, 4.69) is 29.0 Å². The second kappa shape index (κ2) is 4.89. The number of anilines is 3. The lowest BCUT2D eigenvalue weighted by molar-refractivity contribution is 0.0697. The van der Waals surface area contributed by atoms with Crippen molar-refractivity contribution < 1.29 is 9.90 Å². The number of nitrogens with zero attached hydrogens (tertiary/aromatic N) is 2. The molecule has 4 heteroatoms. The summed E-state index contributed by atoms with van der Waals surface area (Å²) >= 11 is 0. The summed E-state index contributed by atoms with van der Waals surface area (Å²) in [6, 6.07) is 15.3. The first kappa shape index (κ1) is 12.5. The fourth-order valence-electron chi connectivity index (χ4n) is 2.56. The SMILES string of the molecule is CN1CCN(c2ccc(C(=O)O)cc2)c2ccccc21. The number of likely N-dealkylation sites (N-methyl/N-ethyl adjacent to an activating group) is 1. The molecule has 1 aliphatic rings. The first-order chi connectivity index (χ1) is 9.66. The summed E-state index contributed by atoms with van der Waals surface area (Å²) in [7, 11) is 2.09. The molecule has 0 saturated carbocycles. The number of carboxylic acids is 1. The van der Waals surface area contributed by atoms with Gasteiger partial charge in [-0.15, -0.1) is 0 Å². The number of aromatic carboxylic acids is 1. The van der Waals surface area contributed by atoms with E-state index in [4.69, 9.17) is 5.11 Å². The average Bonchev–Trinajstić information content (AvgIpc) is 2.48. The van der Waals surface area contributed by atoms with Crippen LogP contribution in [0.25, 0.3) is 0 Å². The zero-order valence-corrected chi connectivity index (χ0v) is 11.3. The number of carbonyl (C=O) groups is 1. The van der Waals surface area contributed by atoms with E-state index in [9.17, 15) is 4.79 Å². The van der Waals surface area contributed by atoms with Gasteiger partial charge in [0.1, 0.15) is 0 Å². The van der Waals surface area contributed by atoms with Gasteiger partial charge in [-0.1, -0.05) is 12.1 Å². The Labute approximate surface area is 117 Å². The second-order valence-electron chi connectivity index (χ2n) is 4.91. The van der Waals surface area contributed by atoms with Crippen LogP contribution in [-0.4, -0.2) is 31.2 Å². The number of carboxylic acid groups (broad SMARTS) is 1. The molecule has 20 heavy (non-hydrogen) atoms. The van der Waals surface area contributed by atoms with Crippen molar-refractivity contribution in [2.24, 2.45) is 0 Å². The minimum absolute atomic E-state index is 0.316. The van der Waals surface area contributed by atoms with Gasteiger partial charge in [0.15, 0.2) is 0 Å². The molecule has 0 radical (unpaired) electrons. The Balaban J connectivity index is 1.99. The predicted molar refractivity (Wildman–Crippen MR) is 80.1 cm³/mol. The standard InChI is InChI=1S/C16H16N2O2/c1-17-10-11-18(15-5-3-2-4-14(15)17)13-8-6-12(7-9-13)16(19)20/h2-9H,10-11H2,1H3,(H,19,20). The molecular weight excluding hydrogens is 252 g/mol. The third kappa shape index (κ3) is 2.09. The molecule has 2 aromatic carbocycles. The molecule has 0 saturated heterocycles. The lowest BCUT2D eigenvalue weighted by Gasteiger charge is -2.37. The number of hydrogen-bond acceptors (Lipinski definition) is 3. The van der Waals surface area contributed by atoms with E-state index in [0.29, 0.717) is 5.56 Å². The van der Waals surface area contributed by atoms with Crippen molar-refractivity contribution >= 4 is 23.0 Å². The topological polar surface area (TPSA) is 43.8 Å².